The van der Waals surface area contributed by atoms with Crippen LogP contribution >= 0.6 is 0 Å². The second-order valence-corrected chi connectivity index (χ2v) is 5.50. The highest BCUT2D eigenvalue weighted by Gasteiger charge is 2.27. The fourth-order valence-electron chi connectivity index (χ4n) is 2.68. The van der Waals surface area contributed by atoms with Gasteiger partial charge < -0.3 is 15.7 Å². The van der Waals surface area contributed by atoms with Gasteiger partial charge in [-0.25, -0.2) is 4.79 Å². The second-order valence-electron chi connectivity index (χ2n) is 5.50. The van der Waals surface area contributed by atoms with Gasteiger partial charge in [0.05, 0.1) is 0 Å². The first-order valence-corrected chi connectivity index (χ1v) is 6.63. The van der Waals surface area contributed by atoms with E-state index in [1.165, 1.54) is 19.8 Å². The molecule has 0 radical (unpaired) electrons. The summed E-state index contributed by atoms with van der Waals surface area (Å²) in [4.78, 5) is 21.9. The molecule has 0 saturated heterocycles. The maximum Gasteiger partial charge on any atom is 0.327 e. The molecule has 1 aliphatic rings. The SMILES string of the molecule is CC(=O)NC(CNC1CCC(C)CC1C)C(=O)O. The fourth-order valence-corrected chi connectivity index (χ4v) is 2.68. The van der Waals surface area contributed by atoms with E-state index in [2.05, 4.69) is 24.5 Å². The number of hydrogen-bond acceptors (Lipinski definition) is 3. The lowest BCUT2D eigenvalue weighted by Crippen LogP contribution is -2.50. The smallest absolute Gasteiger partial charge is 0.327 e. The van der Waals surface area contributed by atoms with Crippen LogP contribution in [0.2, 0.25) is 0 Å². The summed E-state index contributed by atoms with van der Waals surface area (Å²) < 4.78 is 0. The zero-order valence-corrected chi connectivity index (χ0v) is 11.4. The highest BCUT2D eigenvalue weighted by molar-refractivity contribution is 5.82. The molecule has 0 aromatic heterocycles. The number of aliphatic carboxylic acids is 1. The predicted molar refractivity (Wildman–Crippen MR) is 69.2 cm³/mol. The molecule has 0 aromatic carbocycles. The molecule has 1 saturated carbocycles. The van der Waals surface area contributed by atoms with Crippen molar-refractivity contribution in [1.82, 2.24) is 10.6 Å². The zero-order valence-electron chi connectivity index (χ0n) is 11.4. The number of carboxylic acids is 1. The monoisotopic (exact) mass is 256 g/mol. The van der Waals surface area contributed by atoms with E-state index in [0.29, 0.717) is 12.0 Å². The zero-order chi connectivity index (χ0) is 13.7. The summed E-state index contributed by atoms with van der Waals surface area (Å²) in [7, 11) is 0. The van der Waals surface area contributed by atoms with E-state index in [9.17, 15) is 9.59 Å². The lowest BCUT2D eigenvalue weighted by molar-refractivity contribution is -0.141. The van der Waals surface area contributed by atoms with Crippen LogP contribution < -0.4 is 10.6 Å². The molecular formula is C13H24N2O3. The van der Waals surface area contributed by atoms with Crippen molar-refractivity contribution in [3.8, 4) is 0 Å². The standard InChI is InChI=1S/C13H24N2O3/c1-8-4-5-11(9(2)6-8)14-7-12(13(17)18)15-10(3)16/h8-9,11-12,14H,4-7H2,1-3H3,(H,15,16)(H,17,18). The number of carbonyl (C=O) groups is 2. The van der Waals surface area contributed by atoms with Gasteiger partial charge in [0.2, 0.25) is 5.91 Å². The Morgan fingerprint density at radius 2 is 2.00 bits per heavy atom. The molecule has 4 atom stereocenters. The third-order valence-electron chi connectivity index (χ3n) is 3.69. The largest absolute Gasteiger partial charge is 0.480 e. The Labute approximate surface area is 108 Å². The first-order chi connectivity index (χ1) is 8.40. The Kier molecular flexibility index (Phi) is 5.59. The lowest BCUT2D eigenvalue weighted by Gasteiger charge is -2.34. The number of hydrogen-bond donors (Lipinski definition) is 3. The molecule has 5 nitrogen and oxygen atoms in total. The molecule has 104 valence electrons. The van der Waals surface area contributed by atoms with Crippen LogP contribution in [0, 0.1) is 11.8 Å². The lowest BCUT2D eigenvalue weighted by atomic mass is 9.80. The first kappa shape index (κ1) is 15.0. The highest BCUT2D eigenvalue weighted by atomic mass is 16.4. The van der Waals surface area contributed by atoms with E-state index in [1.54, 1.807) is 0 Å². The molecule has 0 aliphatic heterocycles. The molecule has 0 heterocycles. The van der Waals surface area contributed by atoms with Crippen molar-refractivity contribution in [1.29, 1.82) is 0 Å². The summed E-state index contributed by atoms with van der Waals surface area (Å²) in [6.07, 6.45) is 3.43. The van der Waals surface area contributed by atoms with Crippen LogP contribution in [0.4, 0.5) is 0 Å². The van der Waals surface area contributed by atoms with Gasteiger partial charge in [-0.05, 0) is 31.1 Å². The number of rotatable bonds is 5. The van der Waals surface area contributed by atoms with Gasteiger partial charge in [-0.1, -0.05) is 13.8 Å². The molecule has 3 N–H and O–H groups in total. The quantitative estimate of drug-likeness (QED) is 0.685. The van der Waals surface area contributed by atoms with Crippen molar-refractivity contribution in [2.24, 2.45) is 11.8 Å². The van der Waals surface area contributed by atoms with Crippen LogP contribution in [0.3, 0.4) is 0 Å². The molecule has 5 heteroatoms. The summed E-state index contributed by atoms with van der Waals surface area (Å²) >= 11 is 0. The van der Waals surface area contributed by atoms with Gasteiger partial charge >= 0.3 is 5.97 Å². The van der Waals surface area contributed by atoms with Crippen LogP contribution in [0.25, 0.3) is 0 Å². The van der Waals surface area contributed by atoms with Crippen LogP contribution in [0.15, 0.2) is 0 Å². The summed E-state index contributed by atoms with van der Waals surface area (Å²) in [6.45, 7) is 6.07. The van der Waals surface area contributed by atoms with Gasteiger partial charge in [0.15, 0.2) is 0 Å². The molecular weight excluding hydrogens is 232 g/mol. The summed E-state index contributed by atoms with van der Waals surface area (Å²) in [6, 6.07) is -0.481. The number of carbonyl (C=O) groups excluding carboxylic acids is 1. The van der Waals surface area contributed by atoms with Crippen molar-refractivity contribution in [3.63, 3.8) is 0 Å². The van der Waals surface area contributed by atoms with Crippen molar-refractivity contribution in [2.45, 2.75) is 52.1 Å². The summed E-state index contributed by atoms with van der Waals surface area (Å²) in [5.74, 6) is 0.00762. The maximum atomic E-state index is 11.0. The van der Waals surface area contributed by atoms with E-state index < -0.39 is 12.0 Å². The van der Waals surface area contributed by atoms with Crippen LogP contribution in [0.5, 0.6) is 0 Å². The Morgan fingerprint density at radius 3 is 2.50 bits per heavy atom. The second kappa shape index (κ2) is 6.73. The van der Waals surface area contributed by atoms with Gasteiger partial charge in [-0.3, -0.25) is 4.79 Å². The van der Waals surface area contributed by atoms with Crippen LogP contribution in [0.1, 0.15) is 40.0 Å². The van der Waals surface area contributed by atoms with Crippen molar-refractivity contribution in [3.05, 3.63) is 0 Å². The van der Waals surface area contributed by atoms with E-state index in [0.717, 1.165) is 12.3 Å². The third-order valence-corrected chi connectivity index (χ3v) is 3.69. The summed E-state index contributed by atoms with van der Waals surface area (Å²) in [5.41, 5.74) is 0. The van der Waals surface area contributed by atoms with Gasteiger partial charge in [0, 0.05) is 19.5 Å². The minimum absolute atomic E-state index is 0.290. The minimum Gasteiger partial charge on any atom is -0.480 e. The Hall–Kier alpha value is -1.10. The van der Waals surface area contributed by atoms with Crippen LogP contribution in [-0.4, -0.2) is 35.6 Å². The molecule has 1 aliphatic carbocycles. The number of carboxylic acid groups (broad SMARTS) is 1. The third kappa shape index (κ3) is 4.64. The fraction of sp³-hybridized carbons (Fsp3) is 0.846. The Bertz CT molecular complexity index is 307. The molecule has 0 aromatic rings. The molecule has 1 amide bonds. The molecule has 0 spiro atoms. The van der Waals surface area contributed by atoms with Gasteiger partial charge in [-0.2, -0.15) is 0 Å². The van der Waals surface area contributed by atoms with Gasteiger partial charge in [-0.15, -0.1) is 0 Å². The van der Waals surface area contributed by atoms with Crippen molar-refractivity contribution in [2.75, 3.05) is 6.54 Å². The molecule has 18 heavy (non-hydrogen) atoms. The molecule has 1 fully saturated rings. The van der Waals surface area contributed by atoms with E-state index in [4.69, 9.17) is 5.11 Å². The van der Waals surface area contributed by atoms with Crippen LogP contribution in [-0.2, 0) is 9.59 Å². The van der Waals surface area contributed by atoms with E-state index in [-0.39, 0.29) is 12.5 Å². The first-order valence-electron chi connectivity index (χ1n) is 6.63. The normalized spacial score (nSPS) is 29.6. The van der Waals surface area contributed by atoms with E-state index >= 15 is 0 Å². The minimum atomic E-state index is -0.991. The number of amides is 1. The highest BCUT2D eigenvalue weighted by Crippen LogP contribution is 2.28. The maximum absolute atomic E-state index is 11.0. The molecule has 0 bridgehead atoms. The Morgan fingerprint density at radius 1 is 1.33 bits per heavy atom. The van der Waals surface area contributed by atoms with Gasteiger partial charge in [0.25, 0.3) is 0 Å². The topological polar surface area (TPSA) is 78.4 Å². The number of nitrogens with one attached hydrogen (secondary N) is 2. The van der Waals surface area contributed by atoms with Crippen molar-refractivity contribution >= 4 is 11.9 Å². The average molecular weight is 256 g/mol. The van der Waals surface area contributed by atoms with Crippen molar-refractivity contribution < 1.29 is 14.7 Å². The Balaban J connectivity index is 2.42. The molecule has 1 rings (SSSR count). The average Bonchev–Trinajstić information content (AvgIpc) is 2.25. The predicted octanol–water partition coefficient (Wildman–Crippen LogP) is 0.990. The van der Waals surface area contributed by atoms with E-state index in [1.807, 2.05) is 0 Å². The summed E-state index contributed by atoms with van der Waals surface area (Å²) in [5, 5.41) is 14.7. The van der Waals surface area contributed by atoms with Gasteiger partial charge in [0.1, 0.15) is 6.04 Å². The molecule has 4 unspecified atom stereocenters.